The average Bonchev–Trinajstić information content (AvgIpc) is 2.64. The molecule has 6 nitrogen and oxygen atoms in total. The summed E-state index contributed by atoms with van der Waals surface area (Å²) in [6.07, 6.45) is 2.67. The van der Waals surface area contributed by atoms with E-state index in [-0.39, 0.29) is 17.2 Å². The Morgan fingerprint density at radius 3 is 2.54 bits per heavy atom. The van der Waals surface area contributed by atoms with Gasteiger partial charge in [0.25, 0.3) is 5.91 Å². The minimum atomic E-state index is -0.428. The Hall–Kier alpha value is -3.19. The number of aromatic nitrogens is 2. The van der Waals surface area contributed by atoms with Crippen LogP contribution >= 0.6 is 11.6 Å². The van der Waals surface area contributed by atoms with E-state index in [0.29, 0.717) is 16.5 Å². The third-order valence-electron chi connectivity index (χ3n) is 3.44. The summed E-state index contributed by atoms with van der Waals surface area (Å²) < 4.78 is 18.8. The molecule has 0 spiro atoms. The lowest BCUT2D eigenvalue weighted by Gasteiger charge is -2.10. The van der Waals surface area contributed by atoms with Crippen LogP contribution in [0, 0.1) is 5.82 Å². The summed E-state index contributed by atoms with van der Waals surface area (Å²) in [5.74, 6) is -0.206. The average molecular weight is 373 g/mol. The minimum Gasteiger partial charge on any atom is -0.495 e. The quantitative estimate of drug-likeness (QED) is 0.699. The molecule has 2 aromatic carbocycles. The molecule has 0 unspecified atom stereocenters. The third-order valence-corrected chi connectivity index (χ3v) is 3.68. The van der Waals surface area contributed by atoms with Gasteiger partial charge in [-0.3, -0.25) is 4.79 Å². The number of carbonyl (C=O) groups excluding carboxylic acids is 1. The van der Waals surface area contributed by atoms with Crippen molar-refractivity contribution in [2.75, 3.05) is 17.7 Å². The molecule has 26 heavy (non-hydrogen) atoms. The second kappa shape index (κ2) is 7.79. The monoisotopic (exact) mass is 372 g/mol. The van der Waals surface area contributed by atoms with Crippen LogP contribution in [0.25, 0.3) is 0 Å². The molecular weight excluding hydrogens is 359 g/mol. The highest BCUT2D eigenvalue weighted by atomic mass is 35.5. The van der Waals surface area contributed by atoms with Gasteiger partial charge in [-0.25, -0.2) is 14.4 Å². The molecule has 0 aliphatic carbocycles. The number of hydrogen-bond donors (Lipinski definition) is 2. The second-order valence-corrected chi connectivity index (χ2v) is 5.64. The first-order valence-corrected chi connectivity index (χ1v) is 7.93. The first-order valence-electron chi connectivity index (χ1n) is 7.55. The molecule has 0 saturated carbocycles. The van der Waals surface area contributed by atoms with Crippen molar-refractivity contribution < 1.29 is 13.9 Å². The number of halogens is 2. The predicted molar refractivity (Wildman–Crippen MR) is 97.7 cm³/mol. The van der Waals surface area contributed by atoms with Crippen molar-refractivity contribution in [2.24, 2.45) is 0 Å². The summed E-state index contributed by atoms with van der Waals surface area (Å²) in [4.78, 5) is 20.4. The number of ether oxygens (including phenoxy) is 1. The highest BCUT2D eigenvalue weighted by Gasteiger charge is 2.12. The summed E-state index contributed by atoms with van der Waals surface area (Å²) in [5, 5.41) is 5.90. The fourth-order valence-corrected chi connectivity index (χ4v) is 2.34. The molecule has 1 amide bonds. The first-order chi connectivity index (χ1) is 12.6. The van der Waals surface area contributed by atoms with Gasteiger partial charge < -0.3 is 15.4 Å². The molecule has 3 rings (SSSR count). The van der Waals surface area contributed by atoms with Crippen molar-refractivity contribution in [3.63, 3.8) is 0 Å². The summed E-state index contributed by atoms with van der Waals surface area (Å²) >= 11 is 5.94. The Bertz CT molecular complexity index is 935. The molecule has 3 aromatic rings. The zero-order valence-electron chi connectivity index (χ0n) is 13.7. The number of anilines is 3. The van der Waals surface area contributed by atoms with Crippen molar-refractivity contribution >= 4 is 34.8 Å². The maximum atomic E-state index is 13.6. The minimum absolute atomic E-state index is 0.173. The standard InChI is InChI=1S/C18H14ClFN4O2/c1-26-16-7-6-12(19)8-15(16)23-17(25)11-9-21-18(22-10-11)24-14-5-3-2-4-13(14)20/h2-10H,1H3,(H,23,25)(H,21,22,24). The van der Waals surface area contributed by atoms with E-state index < -0.39 is 11.7 Å². The van der Waals surface area contributed by atoms with Gasteiger partial charge in [-0.1, -0.05) is 23.7 Å². The number of rotatable bonds is 5. The normalized spacial score (nSPS) is 10.3. The van der Waals surface area contributed by atoms with E-state index in [1.165, 1.54) is 25.6 Å². The molecule has 1 aromatic heterocycles. The molecule has 0 saturated heterocycles. The van der Waals surface area contributed by atoms with E-state index >= 15 is 0 Å². The highest BCUT2D eigenvalue weighted by Crippen LogP contribution is 2.28. The molecular formula is C18H14ClFN4O2. The van der Waals surface area contributed by atoms with Crippen LogP contribution in [0.15, 0.2) is 54.9 Å². The van der Waals surface area contributed by atoms with Crippen LogP contribution in [0.2, 0.25) is 5.02 Å². The lowest BCUT2D eigenvalue weighted by molar-refractivity contribution is 0.102. The fraction of sp³-hybridized carbons (Fsp3) is 0.0556. The van der Waals surface area contributed by atoms with Crippen molar-refractivity contribution in [2.45, 2.75) is 0 Å². The third kappa shape index (κ3) is 4.07. The molecule has 8 heteroatoms. The first kappa shape index (κ1) is 17.6. The predicted octanol–water partition coefficient (Wildman–Crippen LogP) is 4.27. The summed E-state index contributed by atoms with van der Waals surface area (Å²) in [6.45, 7) is 0. The number of amides is 1. The van der Waals surface area contributed by atoms with Gasteiger partial charge >= 0.3 is 0 Å². The molecule has 0 radical (unpaired) electrons. The van der Waals surface area contributed by atoms with Gasteiger partial charge in [-0.15, -0.1) is 0 Å². The van der Waals surface area contributed by atoms with E-state index in [1.54, 1.807) is 36.4 Å². The van der Waals surface area contributed by atoms with Crippen LogP contribution < -0.4 is 15.4 Å². The lowest BCUT2D eigenvalue weighted by atomic mass is 10.2. The van der Waals surface area contributed by atoms with Crippen molar-refractivity contribution in [3.05, 3.63) is 71.3 Å². The Morgan fingerprint density at radius 1 is 1.12 bits per heavy atom. The lowest BCUT2D eigenvalue weighted by Crippen LogP contribution is -2.14. The maximum Gasteiger partial charge on any atom is 0.258 e. The van der Waals surface area contributed by atoms with Crippen LogP contribution in [0.1, 0.15) is 10.4 Å². The van der Waals surface area contributed by atoms with Crippen LogP contribution in [0.4, 0.5) is 21.7 Å². The van der Waals surface area contributed by atoms with E-state index in [4.69, 9.17) is 16.3 Å². The van der Waals surface area contributed by atoms with Gasteiger partial charge in [0.05, 0.1) is 24.0 Å². The van der Waals surface area contributed by atoms with Crippen LogP contribution in [0.5, 0.6) is 5.75 Å². The maximum absolute atomic E-state index is 13.6. The van der Waals surface area contributed by atoms with Gasteiger partial charge in [0.15, 0.2) is 0 Å². The van der Waals surface area contributed by atoms with E-state index in [0.717, 1.165) is 0 Å². The topological polar surface area (TPSA) is 76.1 Å². The molecule has 0 bridgehead atoms. The molecule has 0 atom stereocenters. The number of para-hydroxylation sites is 1. The number of carbonyl (C=O) groups is 1. The zero-order chi connectivity index (χ0) is 18.5. The molecule has 132 valence electrons. The largest absolute Gasteiger partial charge is 0.495 e. The number of nitrogens with zero attached hydrogens (tertiary/aromatic N) is 2. The van der Waals surface area contributed by atoms with E-state index in [2.05, 4.69) is 20.6 Å². The Labute approximate surface area is 154 Å². The second-order valence-electron chi connectivity index (χ2n) is 5.20. The number of hydrogen-bond acceptors (Lipinski definition) is 5. The van der Waals surface area contributed by atoms with Gasteiger partial charge in [-0.2, -0.15) is 0 Å². The van der Waals surface area contributed by atoms with Gasteiger partial charge in [0.1, 0.15) is 11.6 Å². The van der Waals surface area contributed by atoms with Gasteiger partial charge in [0.2, 0.25) is 5.95 Å². The molecule has 0 aliphatic rings. The van der Waals surface area contributed by atoms with Crippen LogP contribution in [0.3, 0.4) is 0 Å². The number of methoxy groups -OCH3 is 1. The Kier molecular flexibility index (Phi) is 5.28. The Morgan fingerprint density at radius 2 is 1.85 bits per heavy atom. The number of benzene rings is 2. The molecule has 2 N–H and O–H groups in total. The number of nitrogens with one attached hydrogen (secondary N) is 2. The highest BCUT2D eigenvalue weighted by molar-refractivity contribution is 6.31. The molecule has 1 heterocycles. The summed E-state index contributed by atoms with van der Waals surface area (Å²) in [5.41, 5.74) is 0.901. The van der Waals surface area contributed by atoms with Crippen LogP contribution in [-0.4, -0.2) is 23.0 Å². The summed E-state index contributed by atoms with van der Waals surface area (Å²) in [7, 11) is 1.49. The van der Waals surface area contributed by atoms with E-state index in [9.17, 15) is 9.18 Å². The van der Waals surface area contributed by atoms with Gasteiger partial charge in [-0.05, 0) is 30.3 Å². The molecule has 0 fully saturated rings. The van der Waals surface area contributed by atoms with Crippen LogP contribution in [-0.2, 0) is 0 Å². The van der Waals surface area contributed by atoms with E-state index in [1.807, 2.05) is 0 Å². The van der Waals surface area contributed by atoms with Crippen molar-refractivity contribution in [1.29, 1.82) is 0 Å². The van der Waals surface area contributed by atoms with Crippen molar-refractivity contribution in [1.82, 2.24) is 9.97 Å². The summed E-state index contributed by atoms with van der Waals surface area (Å²) in [6, 6.07) is 11.0. The van der Waals surface area contributed by atoms with Gasteiger partial charge in [0, 0.05) is 17.4 Å². The zero-order valence-corrected chi connectivity index (χ0v) is 14.4. The Balaban J connectivity index is 1.73. The fourth-order valence-electron chi connectivity index (χ4n) is 2.17. The van der Waals surface area contributed by atoms with Crippen molar-refractivity contribution in [3.8, 4) is 5.75 Å². The smallest absolute Gasteiger partial charge is 0.258 e. The SMILES string of the molecule is COc1ccc(Cl)cc1NC(=O)c1cnc(Nc2ccccc2F)nc1. The molecule has 0 aliphatic heterocycles.